The van der Waals surface area contributed by atoms with Crippen LogP contribution in [0.1, 0.15) is 0 Å². The minimum atomic E-state index is -3.92. The summed E-state index contributed by atoms with van der Waals surface area (Å²) in [5.74, 6) is 0.475. The van der Waals surface area contributed by atoms with Gasteiger partial charge in [0.1, 0.15) is 0 Å². The maximum atomic E-state index is 10.2. The molecular formula is C9H16Cl6O4Si. The lowest BCUT2D eigenvalue weighted by atomic mass is 10.5. The molecule has 11 heteroatoms. The Kier molecular flexibility index (Phi) is 13.3. The van der Waals surface area contributed by atoms with Gasteiger partial charge in [-0.2, -0.15) is 0 Å². The fourth-order valence-electron chi connectivity index (χ4n) is 0.846. The monoisotopic (exact) mass is 426 g/mol. The van der Waals surface area contributed by atoms with E-state index >= 15 is 0 Å². The van der Waals surface area contributed by atoms with Gasteiger partial charge in [0.15, 0.2) is 0 Å². The summed E-state index contributed by atoms with van der Waals surface area (Å²) < 4.78 is 15.6. The van der Waals surface area contributed by atoms with Crippen molar-refractivity contribution in [2.24, 2.45) is 0 Å². The lowest BCUT2D eigenvalue weighted by molar-refractivity contribution is -0.00580. The van der Waals surface area contributed by atoms with Crippen molar-refractivity contribution in [1.82, 2.24) is 0 Å². The third-order valence-electron chi connectivity index (χ3n) is 1.84. The van der Waals surface area contributed by atoms with E-state index in [0.717, 1.165) is 0 Å². The fraction of sp³-hybridized carbons (Fsp3) is 1.00. The topological polar surface area (TPSA) is 47.9 Å². The SMILES string of the molecule is O[Si](OCC(Cl)CCl)(OCC(Cl)CCl)OCC(Cl)CCl. The highest BCUT2D eigenvalue weighted by Gasteiger charge is 2.43. The molecule has 1 N–H and O–H groups in total. The Bertz CT molecular complexity index is 216. The highest BCUT2D eigenvalue weighted by Crippen LogP contribution is 2.13. The van der Waals surface area contributed by atoms with E-state index in [9.17, 15) is 4.80 Å². The Balaban J connectivity index is 4.40. The summed E-state index contributed by atoms with van der Waals surface area (Å²) in [5.41, 5.74) is 0. The molecule has 122 valence electrons. The van der Waals surface area contributed by atoms with Gasteiger partial charge in [0.05, 0.1) is 36.0 Å². The Morgan fingerprint density at radius 2 is 0.950 bits per heavy atom. The van der Waals surface area contributed by atoms with Crippen LogP contribution in [-0.4, -0.2) is 67.4 Å². The van der Waals surface area contributed by atoms with Crippen LogP contribution >= 0.6 is 69.6 Å². The molecule has 0 bridgehead atoms. The standard InChI is InChI=1S/C9H16Cl6O4Si/c10-1-7(13)4-17-20(16,18-5-8(14)2-11)19-6-9(15)3-12/h7-9,16H,1-6H2. The molecule has 0 amide bonds. The van der Waals surface area contributed by atoms with Crippen molar-refractivity contribution < 1.29 is 18.1 Å². The number of hydrogen-bond donors (Lipinski definition) is 1. The van der Waals surface area contributed by atoms with Gasteiger partial charge in [0.25, 0.3) is 0 Å². The third-order valence-corrected chi connectivity index (χ3v) is 5.87. The fourth-order valence-corrected chi connectivity index (χ4v) is 3.10. The molecule has 0 aromatic carbocycles. The summed E-state index contributed by atoms with van der Waals surface area (Å²) in [4.78, 5) is 10.2. The molecule has 0 aliphatic rings. The second kappa shape index (κ2) is 12.2. The summed E-state index contributed by atoms with van der Waals surface area (Å²) in [6.07, 6.45) is 0. The van der Waals surface area contributed by atoms with Gasteiger partial charge >= 0.3 is 9.05 Å². The third kappa shape index (κ3) is 10.5. The van der Waals surface area contributed by atoms with E-state index in [1.807, 2.05) is 0 Å². The van der Waals surface area contributed by atoms with Crippen LogP contribution in [0, 0.1) is 0 Å². The molecule has 20 heavy (non-hydrogen) atoms. The molecule has 0 heterocycles. The van der Waals surface area contributed by atoms with Gasteiger partial charge in [0, 0.05) is 17.6 Å². The van der Waals surface area contributed by atoms with Crippen molar-refractivity contribution in [3.05, 3.63) is 0 Å². The van der Waals surface area contributed by atoms with Crippen LogP contribution in [0.4, 0.5) is 0 Å². The Labute approximate surface area is 149 Å². The quantitative estimate of drug-likeness (QED) is 0.383. The Morgan fingerprint density at radius 3 is 1.15 bits per heavy atom. The van der Waals surface area contributed by atoms with Gasteiger partial charge < -0.3 is 18.1 Å². The van der Waals surface area contributed by atoms with Crippen LogP contribution in [0.15, 0.2) is 0 Å². The molecule has 0 spiro atoms. The molecule has 0 rings (SSSR count). The molecule has 0 aliphatic heterocycles. The number of rotatable bonds is 12. The molecule has 0 aromatic rings. The second-order valence-corrected chi connectivity index (χ2v) is 8.40. The van der Waals surface area contributed by atoms with Gasteiger partial charge in [-0.25, -0.2) is 0 Å². The maximum Gasteiger partial charge on any atom is 0.677 e. The van der Waals surface area contributed by atoms with Gasteiger partial charge in [-0.05, 0) is 0 Å². The minimum absolute atomic E-state index is 0.0323. The Morgan fingerprint density at radius 1 is 0.700 bits per heavy atom. The molecule has 0 saturated heterocycles. The van der Waals surface area contributed by atoms with Crippen LogP contribution in [0.2, 0.25) is 0 Å². The first-order valence-electron chi connectivity index (χ1n) is 5.61. The molecule has 0 fully saturated rings. The number of halogens is 6. The molecule has 0 saturated carbocycles. The van der Waals surface area contributed by atoms with Gasteiger partial charge in [0.2, 0.25) is 0 Å². The first-order chi connectivity index (χ1) is 9.36. The highest BCUT2D eigenvalue weighted by molar-refractivity contribution is 6.52. The van der Waals surface area contributed by atoms with Crippen LogP contribution in [0.5, 0.6) is 0 Å². The van der Waals surface area contributed by atoms with Crippen molar-refractivity contribution in [3.63, 3.8) is 0 Å². The molecule has 4 nitrogen and oxygen atoms in total. The zero-order valence-corrected chi connectivity index (χ0v) is 16.0. The summed E-state index contributed by atoms with van der Waals surface area (Å²) >= 11 is 34.0. The van der Waals surface area contributed by atoms with Crippen LogP contribution in [-0.2, 0) is 13.3 Å². The van der Waals surface area contributed by atoms with E-state index in [2.05, 4.69) is 0 Å². The van der Waals surface area contributed by atoms with Gasteiger partial charge in [-0.15, -0.1) is 69.6 Å². The summed E-state index contributed by atoms with van der Waals surface area (Å²) in [7, 11) is -3.92. The molecule has 0 aliphatic carbocycles. The van der Waals surface area contributed by atoms with Crippen molar-refractivity contribution in [3.8, 4) is 0 Å². The van der Waals surface area contributed by atoms with E-state index in [0.29, 0.717) is 0 Å². The summed E-state index contributed by atoms with van der Waals surface area (Å²) in [6.45, 7) is -0.0969. The zero-order valence-electron chi connectivity index (χ0n) is 10.4. The summed E-state index contributed by atoms with van der Waals surface area (Å²) in [6, 6.07) is 0. The van der Waals surface area contributed by atoms with E-state index in [1.165, 1.54) is 0 Å². The predicted octanol–water partition coefficient (Wildman–Crippen LogP) is 3.00. The van der Waals surface area contributed by atoms with Gasteiger partial charge in [-0.1, -0.05) is 0 Å². The number of alkyl halides is 6. The van der Waals surface area contributed by atoms with Crippen molar-refractivity contribution >= 4 is 78.7 Å². The molecular weight excluding hydrogens is 413 g/mol. The van der Waals surface area contributed by atoms with Crippen molar-refractivity contribution in [1.29, 1.82) is 0 Å². The second-order valence-electron chi connectivity index (χ2n) is 3.71. The number of hydrogen-bond acceptors (Lipinski definition) is 4. The molecule has 3 atom stereocenters. The first-order valence-corrected chi connectivity index (χ1v) is 10.2. The predicted molar refractivity (Wildman–Crippen MR) is 86.9 cm³/mol. The van der Waals surface area contributed by atoms with Crippen LogP contribution < -0.4 is 0 Å². The zero-order chi connectivity index (χ0) is 15.6. The van der Waals surface area contributed by atoms with Gasteiger partial charge in [-0.3, -0.25) is 0 Å². The van der Waals surface area contributed by atoms with Crippen molar-refractivity contribution in [2.75, 3.05) is 37.5 Å². The highest BCUT2D eigenvalue weighted by atomic mass is 35.5. The molecule has 3 unspecified atom stereocenters. The largest absolute Gasteiger partial charge is 0.677 e. The van der Waals surface area contributed by atoms with E-state index in [4.69, 9.17) is 82.9 Å². The summed E-state index contributed by atoms with van der Waals surface area (Å²) in [5, 5.41) is -1.45. The van der Waals surface area contributed by atoms with Crippen molar-refractivity contribution in [2.45, 2.75) is 16.1 Å². The minimum Gasteiger partial charge on any atom is -0.367 e. The molecule has 0 radical (unpaired) electrons. The average Bonchev–Trinajstić information content (AvgIpc) is 2.47. The normalized spacial score (nSPS) is 19.4. The van der Waals surface area contributed by atoms with E-state index < -0.39 is 25.2 Å². The lowest BCUT2D eigenvalue weighted by Crippen LogP contribution is -2.49. The van der Waals surface area contributed by atoms with Crippen LogP contribution in [0.3, 0.4) is 0 Å². The average molecular weight is 429 g/mol. The van der Waals surface area contributed by atoms with E-state index in [1.54, 1.807) is 0 Å². The molecule has 0 aromatic heterocycles. The van der Waals surface area contributed by atoms with Crippen LogP contribution in [0.25, 0.3) is 0 Å². The Hall–Kier alpha value is 1.80. The first kappa shape index (κ1) is 21.8. The lowest BCUT2D eigenvalue weighted by Gasteiger charge is -2.25. The smallest absolute Gasteiger partial charge is 0.367 e. The maximum absolute atomic E-state index is 10.2. The van der Waals surface area contributed by atoms with E-state index in [-0.39, 0.29) is 37.5 Å².